The predicted molar refractivity (Wildman–Crippen MR) is 104 cm³/mol. The first-order valence-electron chi connectivity index (χ1n) is 10.1. The van der Waals surface area contributed by atoms with Gasteiger partial charge in [-0.3, -0.25) is 9.63 Å². The molecule has 2 fully saturated rings. The van der Waals surface area contributed by atoms with Gasteiger partial charge in [0.2, 0.25) is 0 Å². The summed E-state index contributed by atoms with van der Waals surface area (Å²) in [6.07, 6.45) is 2.11. The minimum atomic E-state index is -0.869. The average molecular weight is 387 g/mol. The van der Waals surface area contributed by atoms with E-state index in [0.717, 1.165) is 16.7 Å². The Balaban J connectivity index is 1.78. The van der Waals surface area contributed by atoms with E-state index in [1.165, 1.54) is 5.06 Å². The molecule has 1 N–H and O–H groups in total. The first kappa shape index (κ1) is 19.4. The van der Waals surface area contributed by atoms with Crippen LogP contribution in [0.25, 0.3) is 5.57 Å². The van der Waals surface area contributed by atoms with Gasteiger partial charge >= 0.3 is 0 Å². The standard InChI is InChI=1S/C22H29NO5/c1-14(2)28-23-20(25)18(17-15(3)6-5-7-16(17)4)19(24)21(23)8-10-22(11-9-21)26-12-13-27-22/h5-7,14,24H,8-13H2,1-4H3. The van der Waals surface area contributed by atoms with Crippen molar-refractivity contribution >= 4 is 11.5 Å². The molecule has 2 aliphatic heterocycles. The largest absolute Gasteiger partial charge is 0.509 e. The second kappa shape index (κ2) is 6.87. The number of hydrogen-bond acceptors (Lipinski definition) is 5. The minimum Gasteiger partial charge on any atom is -0.509 e. The SMILES string of the molecule is Cc1cccc(C)c1C1=C(O)C2(CCC3(CC2)OCCO3)N(OC(C)C)C1=O. The number of carbonyl (C=O) groups is 1. The Morgan fingerprint density at radius 3 is 2.18 bits per heavy atom. The maximum Gasteiger partial charge on any atom is 0.282 e. The summed E-state index contributed by atoms with van der Waals surface area (Å²) in [6.45, 7) is 8.89. The molecule has 28 heavy (non-hydrogen) atoms. The number of carbonyl (C=O) groups excluding carboxylic acids is 1. The highest BCUT2D eigenvalue weighted by molar-refractivity contribution is 6.23. The Hall–Kier alpha value is -1.89. The number of aryl methyl sites for hydroxylation is 2. The minimum absolute atomic E-state index is 0.114. The Kier molecular flexibility index (Phi) is 4.76. The van der Waals surface area contributed by atoms with Crippen LogP contribution in [0.4, 0.5) is 0 Å². The summed E-state index contributed by atoms with van der Waals surface area (Å²) < 4.78 is 11.7. The molecule has 0 radical (unpaired) electrons. The molecule has 1 amide bonds. The van der Waals surface area contributed by atoms with Crippen LogP contribution >= 0.6 is 0 Å². The molecule has 3 aliphatic rings. The van der Waals surface area contributed by atoms with Gasteiger partial charge in [0.1, 0.15) is 11.3 Å². The van der Waals surface area contributed by atoms with E-state index in [0.29, 0.717) is 44.5 Å². The Morgan fingerprint density at radius 1 is 1.07 bits per heavy atom. The zero-order valence-corrected chi connectivity index (χ0v) is 17.1. The zero-order chi connectivity index (χ0) is 20.1. The molecule has 1 saturated carbocycles. The molecular weight excluding hydrogens is 358 g/mol. The van der Waals surface area contributed by atoms with Gasteiger partial charge in [-0.2, -0.15) is 0 Å². The lowest BCUT2D eigenvalue weighted by molar-refractivity contribution is -0.252. The smallest absolute Gasteiger partial charge is 0.282 e. The lowest BCUT2D eigenvalue weighted by atomic mass is 9.77. The molecule has 2 heterocycles. The van der Waals surface area contributed by atoms with Crippen LogP contribution in [0.2, 0.25) is 0 Å². The topological polar surface area (TPSA) is 68.2 Å². The highest BCUT2D eigenvalue weighted by atomic mass is 16.7. The van der Waals surface area contributed by atoms with Gasteiger partial charge in [0, 0.05) is 12.8 Å². The van der Waals surface area contributed by atoms with Gasteiger partial charge in [-0.25, -0.2) is 5.06 Å². The van der Waals surface area contributed by atoms with Gasteiger partial charge in [-0.15, -0.1) is 0 Å². The molecule has 1 aliphatic carbocycles. The van der Waals surface area contributed by atoms with Crippen molar-refractivity contribution in [1.29, 1.82) is 0 Å². The second-order valence-electron chi connectivity index (χ2n) is 8.38. The monoisotopic (exact) mass is 387 g/mol. The van der Waals surface area contributed by atoms with Crippen molar-refractivity contribution in [2.24, 2.45) is 0 Å². The van der Waals surface area contributed by atoms with Crippen molar-refractivity contribution < 1.29 is 24.2 Å². The van der Waals surface area contributed by atoms with E-state index in [1.54, 1.807) is 0 Å². The summed E-state index contributed by atoms with van der Waals surface area (Å²) in [7, 11) is 0. The van der Waals surface area contributed by atoms with E-state index in [9.17, 15) is 9.90 Å². The van der Waals surface area contributed by atoms with Crippen LogP contribution in [-0.4, -0.2) is 46.7 Å². The molecule has 0 aromatic heterocycles. The van der Waals surface area contributed by atoms with E-state index in [2.05, 4.69) is 0 Å². The number of aliphatic hydroxyl groups is 1. The quantitative estimate of drug-likeness (QED) is 0.854. The normalized spacial score (nSPS) is 23.6. The van der Waals surface area contributed by atoms with E-state index in [4.69, 9.17) is 14.3 Å². The van der Waals surface area contributed by atoms with Crippen molar-refractivity contribution in [3.63, 3.8) is 0 Å². The Bertz CT molecular complexity index is 792. The van der Waals surface area contributed by atoms with E-state index in [-0.39, 0.29) is 17.8 Å². The maximum atomic E-state index is 13.5. The number of hydroxylamine groups is 2. The summed E-state index contributed by atoms with van der Waals surface area (Å²) in [5.74, 6) is -0.740. The number of nitrogens with zero attached hydrogens (tertiary/aromatic N) is 1. The molecule has 152 valence electrons. The van der Waals surface area contributed by atoms with E-state index >= 15 is 0 Å². The highest BCUT2D eigenvalue weighted by Gasteiger charge is 2.58. The van der Waals surface area contributed by atoms with Gasteiger partial charge in [0.05, 0.1) is 24.9 Å². The fourth-order valence-electron chi connectivity index (χ4n) is 4.79. The molecule has 6 heteroatoms. The van der Waals surface area contributed by atoms with Crippen LogP contribution in [-0.2, 0) is 19.1 Å². The summed E-state index contributed by atoms with van der Waals surface area (Å²) >= 11 is 0. The van der Waals surface area contributed by atoms with Gasteiger partial charge in [-0.05, 0) is 57.2 Å². The molecule has 0 unspecified atom stereocenters. The second-order valence-corrected chi connectivity index (χ2v) is 8.38. The van der Waals surface area contributed by atoms with Crippen LogP contribution in [0.15, 0.2) is 24.0 Å². The van der Waals surface area contributed by atoms with Crippen molar-refractivity contribution in [2.75, 3.05) is 13.2 Å². The van der Waals surface area contributed by atoms with Crippen LogP contribution < -0.4 is 0 Å². The number of rotatable bonds is 3. The van der Waals surface area contributed by atoms with Gasteiger partial charge in [0.15, 0.2) is 5.79 Å². The molecule has 0 bridgehead atoms. The van der Waals surface area contributed by atoms with Gasteiger partial charge in [0.25, 0.3) is 5.91 Å². The summed E-state index contributed by atoms with van der Waals surface area (Å²) in [5, 5.41) is 12.8. The number of benzene rings is 1. The fourth-order valence-corrected chi connectivity index (χ4v) is 4.79. The van der Waals surface area contributed by atoms with Crippen LogP contribution in [0.1, 0.15) is 56.2 Å². The van der Waals surface area contributed by atoms with Crippen molar-refractivity contribution in [2.45, 2.75) is 70.8 Å². The highest BCUT2D eigenvalue weighted by Crippen LogP contribution is 2.52. The molecular formula is C22H29NO5. The lowest BCUT2D eigenvalue weighted by Gasteiger charge is -2.45. The fraction of sp³-hybridized carbons (Fsp3) is 0.591. The third-order valence-corrected chi connectivity index (χ3v) is 6.16. The van der Waals surface area contributed by atoms with Crippen molar-refractivity contribution in [3.05, 3.63) is 40.6 Å². The van der Waals surface area contributed by atoms with Crippen LogP contribution in [0.5, 0.6) is 0 Å². The van der Waals surface area contributed by atoms with E-state index < -0.39 is 11.3 Å². The zero-order valence-electron chi connectivity index (χ0n) is 17.1. The van der Waals surface area contributed by atoms with Crippen molar-refractivity contribution in [1.82, 2.24) is 5.06 Å². The third kappa shape index (κ3) is 2.86. The Labute approximate surface area is 166 Å². The average Bonchev–Trinajstić information content (AvgIpc) is 3.17. The summed E-state index contributed by atoms with van der Waals surface area (Å²) in [6, 6.07) is 5.89. The molecule has 4 rings (SSSR count). The van der Waals surface area contributed by atoms with Gasteiger partial charge < -0.3 is 14.6 Å². The van der Waals surface area contributed by atoms with Gasteiger partial charge in [-0.1, -0.05) is 18.2 Å². The van der Waals surface area contributed by atoms with Crippen LogP contribution in [0.3, 0.4) is 0 Å². The number of hydrogen-bond donors (Lipinski definition) is 1. The Morgan fingerprint density at radius 2 is 1.64 bits per heavy atom. The number of ether oxygens (including phenoxy) is 2. The molecule has 1 aromatic rings. The van der Waals surface area contributed by atoms with E-state index in [1.807, 2.05) is 45.9 Å². The molecule has 0 atom stereocenters. The molecule has 2 spiro atoms. The molecule has 1 aromatic carbocycles. The first-order chi connectivity index (χ1) is 13.3. The number of aliphatic hydroxyl groups excluding tert-OH is 1. The summed E-state index contributed by atoms with van der Waals surface area (Å²) in [5.41, 5.74) is 2.22. The third-order valence-electron chi connectivity index (χ3n) is 6.16. The predicted octanol–water partition coefficient (Wildman–Crippen LogP) is 3.81. The lowest BCUT2D eigenvalue weighted by Crippen LogP contribution is -2.54. The maximum absolute atomic E-state index is 13.5. The summed E-state index contributed by atoms with van der Waals surface area (Å²) in [4.78, 5) is 19.4. The molecule has 6 nitrogen and oxygen atoms in total. The molecule has 1 saturated heterocycles. The van der Waals surface area contributed by atoms with Crippen molar-refractivity contribution in [3.8, 4) is 0 Å². The first-order valence-corrected chi connectivity index (χ1v) is 10.1. The number of amides is 1. The van der Waals surface area contributed by atoms with Crippen LogP contribution in [0, 0.1) is 13.8 Å².